The van der Waals surface area contributed by atoms with E-state index in [0.717, 1.165) is 10.5 Å². The van der Waals surface area contributed by atoms with Crippen LogP contribution < -0.4 is 10.6 Å². The Hall–Kier alpha value is -2.59. The minimum absolute atomic E-state index is 0.0907. The van der Waals surface area contributed by atoms with Gasteiger partial charge in [0.05, 0.1) is 27.4 Å². The van der Waals surface area contributed by atoms with Crippen LogP contribution in [0.5, 0.6) is 0 Å². The molecule has 0 saturated carbocycles. The number of thiazole rings is 1. The fraction of sp³-hybridized carbons (Fsp3) is 0.182. The molecule has 0 radical (unpaired) electrons. The summed E-state index contributed by atoms with van der Waals surface area (Å²) in [6, 6.07) is 12.2. The number of halogens is 2. The summed E-state index contributed by atoms with van der Waals surface area (Å²) in [5.41, 5.74) is 2.05. The summed E-state index contributed by atoms with van der Waals surface area (Å²) in [6.07, 6.45) is -0.313. The molecular weight excluding hydrogens is 505 g/mol. The Morgan fingerprint density at radius 2 is 1.79 bits per heavy atom. The molecule has 2 aromatic carbocycles. The molecule has 0 spiro atoms. The van der Waals surface area contributed by atoms with Gasteiger partial charge in [-0.25, -0.2) is 4.98 Å². The van der Waals surface area contributed by atoms with Crippen molar-refractivity contribution in [3.8, 4) is 11.3 Å². The standard InChI is InChI=1S/C22H19Cl2N3O4S2/c1-12(33-15-5-3-14(4-6-15)25-19(28)8-9-20(29)30)21(31)27-22-26-18(11-32-22)13-2-7-16(23)17(24)10-13/h2-7,10-12H,8-9H2,1H3,(H,25,28)(H,29,30)(H,26,27,31). The van der Waals surface area contributed by atoms with Crippen molar-refractivity contribution in [1.82, 2.24) is 4.98 Å². The number of carbonyl (C=O) groups is 3. The van der Waals surface area contributed by atoms with E-state index in [4.69, 9.17) is 28.3 Å². The smallest absolute Gasteiger partial charge is 0.303 e. The molecule has 1 heterocycles. The first kappa shape index (κ1) is 25.0. The molecule has 172 valence electrons. The highest BCUT2D eigenvalue weighted by Crippen LogP contribution is 2.31. The second kappa shape index (κ2) is 11.5. The Labute approximate surface area is 208 Å². The van der Waals surface area contributed by atoms with Crippen molar-refractivity contribution in [2.24, 2.45) is 0 Å². The Balaban J connectivity index is 1.53. The van der Waals surface area contributed by atoms with Crippen molar-refractivity contribution in [1.29, 1.82) is 0 Å². The van der Waals surface area contributed by atoms with Gasteiger partial charge in [0, 0.05) is 27.9 Å². The van der Waals surface area contributed by atoms with Crippen LogP contribution in [0.2, 0.25) is 10.0 Å². The van der Waals surface area contributed by atoms with Crippen molar-refractivity contribution >= 4 is 74.9 Å². The fourth-order valence-electron chi connectivity index (χ4n) is 2.64. The second-order valence-corrected chi connectivity index (χ2v) is 9.97. The molecule has 0 aliphatic heterocycles. The lowest BCUT2D eigenvalue weighted by atomic mass is 10.2. The minimum Gasteiger partial charge on any atom is -0.481 e. The van der Waals surface area contributed by atoms with E-state index in [1.165, 1.54) is 23.1 Å². The fourth-order valence-corrected chi connectivity index (χ4v) is 4.53. The largest absolute Gasteiger partial charge is 0.481 e. The maximum Gasteiger partial charge on any atom is 0.303 e. The summed E-state index contributed by atoms with van der Waals surface area (Å²) in [4.78, 5) is 40.1. The minimum atomic E-state index is -1.02. The van der Waals surface area contributed by atoms with Gasteiger partial charge in [-0.2, -0.15) is 0 Å². The Morgan fingerprint density at radius 1 is 1.06 bits per heavy atom. The molecule has 0 aliphatic rings. The zero-order chi connectivity index (χ0) is 24.0. The van der Waals surface area contributed by atoms with Crippen LogP contribution in [-0.2, 0) is 14.4 Å². The average Bonchev–Trinajstić information content (AvgIpc) is 3.24. The molecule has 3 aromatic rings. The quantitative estimate of drug-likeness (QED) is 0.295. The third-order valence-corrected chi connectivity index (χ3v) is 6.94. The number of benzene rings is 2. The summed E-state index contributed by atoms with van der Waals surface area (Å²) in [7, 11) is 0. The Bertz CT molecular complexity index is 1170. The van der Waals surface area contributed by atoms with Gasteiger partial charge in [0.15, 0.2) is 5.13 Å². The molecule has 7 nitrogen and oxygen atoms in total. The van der Waals surface area contributed by atoms with Gasteiger partial charge in [-0.15, -0.1) is 23.1 Å². The number of rotatable bonds is 9. The lowest BCUT2D eigenvalue weighted by Gasteiger charge is -2.11. The van der Waals surface area contributed by atoms with Crippen LogP contribution in [0, 0.1) is 0 Å². The van der Waals surface area contributed by atoms with Gasteiger partial charge < -0.3 is 15.7 Å². The second-order valence-electron chi connectivity index (χ2n) is 6.88. The van der Waals surface area contributed by atoms with Gasteiger partial charge >= 0.3 is 5.97 Å². The topological polar surface area (TPSA) is 108 Å². The number of nitrogens with one attached hydrogen (secondary N) is 2. The number of amides is 2. The van der Waals surface area contributed by atoms with Gasteiger partial charge in [0.2, 0.25) is 11.8 Å². The van der Waals surface area contributed by atoms with Crippen LogP contribution in [0.4, 0.5) is 10.8 Å². The van der Waals surface area contributed by atoms with E-state index in [1.807, 2.05) is 11.4 Å². The zero-order valence-corrected chi connectivity index (χ0v) is 20.4. The van der Waals surface area contributed by atoms with Crippen molar-refractivity contribution in [3.63, 3.8) is 0 Å². The van der Waals surface area contributed by atoms with Crippen molar-refractivity contribution in [2.75, 3.05) is 10.6 Å². The van der Waals surface area contributed by atoms with Gasteiger partial charge in [0.25, 0.3) is 0 Å². The molecule has 3 N–H and O–H groups in total. The van der Waals surface area contributed by atoms with Crippen molar-refractivity contribution < 1.29 is 19.5 Å². The molecule has 0 fully saturated rings. The van der Waals surface area contributed by atoms with Gasteiger partial charge in [0.1, 0.15) is 0 Å². The highest BCUT2D eigenvalue weighted by molar-refractivity contribution is 8.00. The first-order valence-electron chi connectivity index (χ1n) is 9.71. The number of carboxylic acid groups (broad SMARTS) is 1. The zero-order valence-electron chi connectivity index (χ0n) is 17.3. The highest BCUT2D eigenvalue weighted by atomic mass is 35.5. The predicted molar refractivity (Wildman–Crippen MR) is 133 cm³/mol. The van der Waals surface area contributed by atoms with E-state index in [2.05, 4.69) is 15.6 Å². The molecule has 0 saturated heterocycles. The van der Waals surface area contributed by atoms with E-state index >= 15 is 0 Å². The van der Waals surface area contributed by atoms with Crippen LogP contribution in [0.1, 0.15) is 19.8 Å². The summed E-state index contributed by atoms with van der Waals surface area (Å²) in [5.74, 6) is -1.58. The van der Waals surface area contributed by atoms with E-state index in [-0.39, 0.29) is 24.7 Å². The van der Waals surface area contributed by atoms with E-state index < -0.39 is 11.2 Å². The van der Waals surface area contributed by atoms with Crippen LogP contribution in [-0.4, -0.2) is 33.1 Å². The van der Waals surface area contributed by atoms with Crippen molar-refractivity contribution in [2.45, 2.75) is 29.9 Å². The van der Waals surface area contributed by atoms with E-state index in [0.29, 0.717) is 26.6 Å². The third-order valence-electron chi connectivity index (χ3n) is 4.34. The summed E-state index contributed by atoms with van der Waals surface area (Å²) >= 11 is 14.7. The lowest BCUT2D eigenvalue weighted by molar-refractivity contribution is -0.138. The Kier molecular flexibility index (Phi) is 8.74. The molecular formula is C22H19Cl2N3O4S2. The van der Waals surface area contributed by atoms with E-state index in [1.54, 1.807) is 43.3 Å². The number of aliphatic carboxylic acids is 1. The molecule has 0 bridgehead atoms. The summed E-state index contributed by atoms with van der Waals surface area (Å²) < 4.78 is 0. The summed E-state index contributed by atoms with van der Waals surface area (Å²) in [6.45, 7) is 1.79. The number of carbonyl (C=O) groups excluding carboxylic acids is 2. The molecule has 2 amide bonds. The number of aromatic nitrogens is 1. The monoisotopic (exact) mass is 523 g/mol. The number of hydrogen-bond acceptors (Lipinski definition) is 6. The number of hydrogen-bond donors (Lipinski definition) is 3. The molecule has 1 unspecified atom stereocenters. The average molecular weight is 524 g/mol. The molecule has 1 atom stereocenters. The Morgan fingerprint density at radius 3 is 2.45 bits per heavy atom. The third kappa shape index (κ3) is 7.46. The van der Waals surface area contributed by atoms with Crippen LogP contribution in [0.15, 0.2) is 52.7 Å². The van der Waals surface area contributed by atoms with Crippen molar-refractivity contribution in [3.05, 3.63) is 57.9 Å². The van der Waals surface area contributed by atoms with Crippen LogP contribution in [0.3, 0.4) is 0 Å². The maximum absolute atomic E-state index is 12.6. The predicted octanol–water partition coefficient (Wildman–Crippen LogP) is 6.04. The van der Waals surface area contributed by atoms with E-state index in [9.17, 15) is 14.4 Å². The van der Waals surface area contributed by atoms with Gasteiger partial charge in [-0.1, -0.05) is 29.3 Å². The molecule has 0 aliphatic carbocycles. The SMILES string of the molecule is CC(Sc1ccc(NC(=O)CCC(=O)O)cc1)C(=O)Nc1nc(-c2ccc(Cl)c(Cl)c2)cs1. The van der Waals surface area contributed by atoms with Gasteiger partial charge in [-0.3, -0.25) is 14.4 Å². The molecule has 11 heteroatoms. The maximum atomic E-state index is 12.6. The van der Waals surface area contributed by atoms with Crippen LogP contribution in [0.25, 0.3) is 11.3 Å². The number of carboxylic acids is 1. The number of thioether (sulfide) groups is 1. The first-order valence-corrected chi connectivity index (χ1v) is 12.2. The molecule has 33 heavy (non-hydrogen) atoms. The number of nitrogens with zero attached hydrogens (tertiary/aromatic N) is 1. The first-order chi connectivity index (χ1) is 15.7. The molecule has 1 aromatic heterocycles. The van der Waals surface area contributed by atoms with Crippen LogP contribution >= 0.6 is 46.3 Å². The lowest BCUT2D eigenvalue weighted by Crippen LogP contribution is -2.22. The summed E-state index contributed by atoms with van der Waals surface area (Å²) in [5, 5.41) is 16.9. The molecule has 3 rings (SSSR count). The number of anilines is 2. The van der Waals surface area contributed by atoms with Gasteiger partial charge in [-0.05, 0) is 43.3 Å². The normalized spacial score (nSPS) is 11.6. The highest BCUT2D eigenvalue weighted by Gasteiger charge is 2.17.